The lowest BCUT2D eigenvalue weighted by atomic mass is 9.90. The van der Waals surface area contributed by atoms with E-state index in [-0.39, 0.29) is 24.7 Å². The van der Waals surface area contributed by atoms with Crippen LogP contribution in [0, 0.1) is 0 Å². The average molecular weight is 496 g/mol. The molecule has 10 heteroatoms. The number of carboxylic acid groups (broad SMARTS) is 1. The average Bonchev–Trinajstić information content (AvgIpc) is 3.31. The van der Waals surface area contributed by atoms with Gasteiger partial charge in [-0.2, -0.15) is 9.78 Å². The fraction of sp³-hybridized carbons (Fsp3) is 0.423. The molecule has 10 nitrogen and oxygen atoms in total. The number of ether oxygens (including phenoxy) is 2. The van der Waals surface area contributed by atoms with Crippen LogP contribution in [0.2, 0.25) is 0 Å². The summed E-state index contributed by atoms with van der Waals surface area (Å²) in [5, 5.41) is 16.8. The van der Waals surface area contributed by atoms with E-state index in [0.29, 0.717) is 16.6 Å². The van der Waals surface area contributed by atoms with Crippen molar-refractivity contribution in [3.63, 3.8) is 0 Å². The predicted octanol–water partition coefficient (Wildman–Crippen LogP) is 4.24. The molecule has 2 heterocycles. The molecular weight excluding hydrogens is 462 g/mol. The van der Waals surface area contributed by atoms with E-state index in [1.807, 2.05) is 30.3 Å². The molecule has 0 aliphatic carbocycles. The summed E-state index contributed by atoms with van der Waals surface area (Å²) < 4.78 is 11.9. The van der Waals surface area contributed by atoms with E-state index in [9.17, 15) is 14.7 Å². The number of hydrogen-bond acceptors (Lipinski definition) is 6. The Morgan fingerprint density at radius 1 is 1.17 bits per heavy atom. The Morgan fingerprint density at radius 2 is 1.92 bits per heavy atom. The Morgan fingerprint density at radius 3 is 2.58 bits per heavy atom. The third kappa shape index (κ3) is 5.51. The lowest BCUT2D eigenvalue weighted by molar-refractivity contribution is -0.117. The Kier molecular flexibility index (Phi) is 8.19. The number of hydrogen-bond donors (Lipinski definition) is 2. The normalized spacial score (nSPS) is 17.3. The van der Waals surface area contributed by atoms with E-state index in [4.69, 9.17) is 9.47 Å². The third-order valence-corrected chi connectivity index (χ3v) is 6.80. The SMILES string of the molecule is COC(CN(C(=O)Nc1ccc2c(cnn2C(=O)O)c1)C(c1ccccc1)C1CCCCN1C)OC. The van der Waals surface area contributed by atoms with Gasteiger partial charge in [0.2, 0.25) is 0 Å². The first kappa shape index (κ1) is 25.6. The second-order valence-electron chi connectivity index (χ2n) is 9.00. The summed E-state index contributed by atoms with van der Waals surface area (Å²) in [6, 6.07) is 14.6. The predicted molar refractivity (Wildman–Crippen MR) is 136 cm³/mol. The van der Waals surface area contributed by atoms with Crippen LogP contribution in [0.5, 0.6) is 0 Å². The molecule has 1 fully saturated rings. The lowest BCUT2D eigenvalue weighted by Crippen LogP contribution is -2.52. The molecule has 1 aromatic heterocycles. The number of aromatic nitrogens is 2. The van der Waals surface area contributed by atoms with E-state index in [1.165, 1.54) is 6.20 Å². The number of carbonyl (C=O) groups excluding carboxylic acids is 1. The highest BCUT2D eigenvalue weighted by Gasteiger charge is 2.37. The zero-order chi connectivity index (χ0) is 25.7. The molecule has 0 bridgehead atoms. The fourth-order valence-corrected chi connectivity index (χ4v) is 4.95. The minimum atomic E-state index is -1.17. The first-order chi connectivity index (χ1) is 17.4. The molecule has 2 N–H and O–H groups in total. The van der Waals surface area contributed by atoms with Crippen molar-refractivity contribution >= 4 is 28.7 Å². The molecule has 0 spiro atoms. The lowest BCUT2D eigenvalue weighted by Gasteiger charge is -2.44. The topological polar surface area (TPSA) is 109 Å². The van der Waals surface area contributed by atoms with Gasteiger partial charge in [-0.1, -0.05) is 36.8 Å². The maximum Gasteiger partial charge on any atom is 0.432 e. The van der Waals surface area contributed by atoms with Gasteiger partial charge in [0.05, 0.1) is 24.3 Å². The Bertz CT molecular complexity index is 1180. The van der Waals surface area contributed by atoms with Crippen LogP contribution in [0.25, 0.3) is 10.9 Å². The van der Waals surface area contributed by atoms with E-state index in [0.717, 1.165) is 36.1 Å². The molecule has 0 saturated carbocycles. The molecule has 2 aromatic carbocycles. The quantitative estimate of drug-likeness (QED) is 0.450. The Hall–Kier alpha value is -3.47. The van der Waals surface area contributed by atoms with Crippen molar-refractivity contribution in [2.24, 2.45) is 0 Å². The van der Waals surface area contributed by atoms with Gasteiger partial charge >= 0.3 is 12.1 Å². The summed E-state index contributed by atoms with van der Waals surface area (Å²) in [4.78, 5) is 29.3. The highest BCUT2D eigenvalue weighted by Crippen LogP contribution is 2.34. The Balaban J connectivity index is 1.69. The molecule has 2 atom stereocenters. The van der Waals surface area contributed by atoms with Crippen LogP contribution < -0.4 is 5.32 Å². The van der Waals surface area contributed by atoms with Crippen LogP contribution in [0.4, 0.5) is 15.3 Å². The highest BCUT2D eigenvalue weighted by molar-refractivity contribution is 5.94. The van der Waals surface area contributed by atoms with Crippen LogP contribution in [0.3, 0.4) is 0 Å². The summed E-state index contributed by atoms with van der Waals surface area (Å²) in [5.74, 6) is 0. The zero-order valence-corrected chi connectivity index (χ0v) is 20.8. The molecule has 1 saturated heterocycles. The van der Waals surface area contributed by atoms with E-state index >= 15 is 0 Å². The van der Waals surface area contributed by atoms with Crippen molar-refractivity contribution in [2.75, 3.05) is 39.7 Å². The molecular formula is C26H33N5O5. The molecule has 1 aliphatic rings. The molecule has 1 aliphatic heterocycles. The van der Waals surface area contributed by atoms with Crippen LogP contribution in [-0.4, -0.2) is 83.5 Å². The number of methoxy groups -OCH3 is 2. The van der Waals surface area contributed by atoms with Gasteiger partial charge < -0.3 is 29.7 Å². The number of rotatable bonds is 8. The molecule has 0 radical (unpaired) electrons. The van der Waals surface area contributed by atoms with E-state index in [2.05, 4.69) is 22.4 Å². The van der Waals surface area contributed by atoms with Crippen molar-refractivity contribution in [3.05, 3.63) is 60.3 Å². The number of benzene rings is 2. The monoisotopic (exact) mass is 495 g/mol. The molecule has 36 heavy (non-hydrogen) atoms. The van der Waals surface area contributed by atoms with Gasteiger partial charge in [-0.25, -0.2) is 9.59 Å². The van der Waals surface area contributed by atoms with Gasteiger partial charge in [-0.3, -0.25) is 0 Å². The van der Waals surface area contributed by atoms with E-state index in [1.54, 1.807) is 37.3 Å². The van der Waals surface area contributed by atoms with Crippen LogP contribution in [0.1, 0.15) is 30.9 Å². The first-order valence-corrected chi connectivity index (χ1v) is 12.0. The van der Waals surface area contributed by atoms with Gasteiger partial charge in [0, 0.05) is 31.3 Å². The van der Waals surface area contributed by atoms with Crippen molar-refractivity contribution in [2.45, 2.75) is 37.6 Å². The van der Waals surface area contributed by atoms with Gasteiger partial charge in [-0.05, 0) is 50.2 Å². The number of nitrogens with zero attached hydrogens (tertiary/aromatic N) is 4. The van der Waals surface area contributed by atoms with Crippen LogP contribution in [0.15, 0.2) is 54.7 Å². The minimum absolute atomic E-state index is 0.123. The third-order valence-electron chi connectivity index (χ3n) is 6.80. The van der Waals surface area contributed by atoms with E-state index < -0.39 is 12.4 Å². The van der Waals surface area contributed by atoms with Gasteiger partial charge in [0.1, 0.15) is 0 Å². The summed E-state index contributed by atoms with van der Waals surface area (Å²) in [7, 11) is 5.22. The van der Waals surface area contributed by atoms with Gasteiger partial charge in [0.15, 0.2) is 6.29 Å². The maximum atomic E-state index is 13.9. The number of piperidine rings is 1. The van der Waals surface area contributed by atoms with Crippen molar-refractivity contribution in [3.8, 4) is 0 Å². The van der Waals surface area contributed by atoms with Gasteiger partial charge in [0.25, 0.3) is 0 Å². The molecule has 2 amide bonds. The summed E-state index contributed by atoms with van der Waals surface area (Å²) in [6.07, 6.45) is 2.88. The number of nitrogens with one attached hydrogen (secondary N) is 1. The van der Waals surface area contributed by atoms with Crippen LogP contribution in [-0.2, 0) is 9.47 Å². The maximum absolute atomic E-state index is 13.9. The van der Waals surface area contributed by atoms with Gasteiger partial charge in [-0.15, -0.1) is 0 Å². The summed E-state index contributed by atoms with van der Waals surface area (Å²) in [5.41, 5.74) is 2.02. The largest absolute Gasteiger partial charge is 0.463 e. The van der Waals surface area contributed by atoms with Crippen molar-refractivity contribution in [1.29, 1.82) is 0 Å². The highest BCUT2D eigenvalue weighted by atomic mass is 16.7. The standard InChI is InChI=1S/C26H33N5O5/c1-29-14-8-7-11-22(29)24(18-9-5-4-6-10-18)30(17-23(35-2)36-3)25(32)28-20-12-13-21-19(15-20)16-27-31(21)26(33)34/h4-6,9-10,12-13,15-16,22-24H,7-8,11,14,17H2,1-3H3,(H,28,32)(H,33,34). The van der Waals surface area contributed by atoms with Crippen LogP contribution >= 0.6 is 0 Å². The number of amides is 2. The number of carbonyl (C=O) groups is 2. The second-order valence-corrected chi connectivity index (χ2v) is 9.00. The minimum Gasteiger partial charge on any atom is -0.463 e. The molecule has 3 aromatic rings. The smallest absolute Gasteiger partial charge is 0.432 e. The second kappa shape index (κ2) is 11.5. The number of anilines is 1. The number of urea groups is 1. The Labute approximate surface area is 210 Å². The summed E-state index contributed by atoms with van der Waals surface area (Å²) in [6.45, 7) is 1.19. The first-order valence-electron chi connectivity index (χ1n) is 12.0. The fourth-order valence-electron chi connectivity index (χ4n) is 4.95. The van der Waals surface area contributed by atoms with Crippen molar-refractivity contribution in [1.82, 2.24) is 19.6 Å². The molecule has 192 valence electrons. The summed E-state index contributed by atoms with van der Waals surface area (Å²) >= 11 is 0. The number of likely N-dealkylation sites (tertiary alicyclic amines) is 1. The zero-order valence-electron chi connectivity index (χ0n) is 20.8. The number of likely N-dealkylation sites (N-methyl/N-ethyl adjacent to an activating group) is 1. The number of fused-ring (bicyclic) bond motifs is 1. The molecule has 4 rings (SSSR count). The van der Waals surface area contributed by atoms with Crippen molar-refractivity contribution < 1.29 is 24.2 Å². The molecule has 2 unspecified atom stereocenters.